The van der Waals surface area contributed by atoms with Crippen LogP contribution in [0.5, 0.6) is 0 Å². The number of β-amino-alcohol motifs (C(OH)–C–C–N with tert-alkyl or cyclic N) is 1. The van der Waals surface area contributed by atoms with Crippen molar-refractivity contribution >= 4 is 23.3 Å². The quantitative estimate of drug-likeness (QED) is 0.844. The van der Waals surface area contributed by atoms with Crippen molar-refractivity contribution in [2.75, 3.05) is 6.54 Å². The number of amides is 3. The predicted molar refractivity (Wildman–Crippen MR) is 83.3 cm³/mol. The zero-order valence-corrected chi connectivity index (χ0v) is 13.1. The SMILES string of the molecule is C[C@]1(c2cccs2)NC(=O)N(C[C@@H](O)c2ccccc2F)C1=O. The van der Waals surface area contributed by atoms with Crippen molar-refractivity contribution < 1.29 is 19.1 Å². The van der Waals surface area contributed by atoms with Crippen LogP contribution in [0.25, 0.3) is 0 Å². The molecule has 0 unspecified atom stereocenters. The predicted octanol–water partition coefficient (Wildman–Crippen LogP) is 2.39. The highest BCUT2D eigenvalue weighted by atomic mass is 32.1. The number of thiophene rings is 1. The van der Waals surface area contributed by atoms with Crippen molar-refractivity contribution in [1.82, 2.24) is 10.2 Å². The van der Waals surface area contributed by atoms with E-state index in [2.05, 4.69) is 5.32 Å². The zero-order chi connectivity index (χ0) is 16.6. The van der Waals surface area contributed by atoms with Gasteiger partial charge in [-0.15, -0.1) is 11.3 Å². The van der Waals surface area contributed by atoms with Crippen molar-refractivity contribution in [2.24, 2.45) is 0 Å². The average molecular weight is 334 g/mol. The fraction of sp³-hybridized carbons (Fsp3) is 0.250. The van der Waals surface area contributed by atoms with Crippen molar-refractivity contribution in [3.8, 4) is 0 Å². The van der Waals surface area contributed by atoms with Crippen LogP contribution in [0.1, 0.15) is 23.5 Å². The van der Waals surface area contributed by atoms with Crippen LogP contribution in [-0.4, -0.2) is 28.5 Å². The van der Waals surface area contributed by atoms with E-state index in [1.165, 1.54) is 29.5 Å². The molecule has 2 N–H and O–H groups in total. The first-order valence-electron chi connectivity index (χ1n) is 7.04. The standard InChI is InChI=1S/C16H15FN2O3S/c1-16(13-7-4-8-23-13)14(21)19(15(22)18-16)9-12(20)10-5-2-3-6-11(10)17/h2-8,12,20H,9H2,1H3,(H,18,22)/t12-,16-/m1/s1. The van der Waals surface area contributed by atoms with Crippen molar-refractivity contribution in [3.05, 3.63) is 58.0 Å². The van der Waals surface area contributed by atoms with E-state index in [1.54, 1.807) is 25.1 Å². The number of rotatable bonds is 4. The molecule has 3 amide bonds. The Bertz CT molecular complexity index is 750. The Hall–Kier alpha value is -2.25. The molecule has 23 heavy (non-hydrogen) atoms. The molecule has 1 aromatic heterocycles. The summed E-state index contributed by atoms with van der Waals surface area (Å²) in [6, 6.07) is 8.70. The highest BCUT2D eigenvalue weighted by Gasteiger charge is 2.50. The van der Waals surface area contributed by atoms with Crippen LogP contribution in [0.15, 0.2) is 41.8 Å². The molecule has 1 saturated heterocycles. The summed E-state index contributed by atoms with van der Waals surface area (Å²) in [7, 11) is 0. The zero-order valence-electron chi connectivity index (χ0n) is 12.3. The molecule has 0 radical (unpaired) electrons. The van der Waals surface area contributed by atoms with E-state index in [1.807, 2.05) is 5.38 Å². The van der Waals surface area contributed by atoms with Gasteiger partial charge in [0.05, 0.1) is 12.6 Å². The summed E-state index contributed by atoms with van der Waals surface area (Å²) in [5.41, 5.74) is -1.10. The molecule has 1 aliphatic heterocycles. The van der Waals surface area contributed by atoms with E-state index < -0.39 is 29.4 Å². The van der Waals surface area contributed by atoms with E-state index in [0.29, 0.717) is 4.88 Å². The highest BCUT2D eigenvalue weighted by molar-refractivity contribution is 7.10. The molecule has 0 bridgehead atoms. The largest absolute Gasteiger partial charge is 0.386 e. The van der Waals surface area contributed by atoms with Gasteiger partial charge in [-0.1, -0.05) is 24.3 Å². The Morgan fingerprint density at radius 2 is 2.04 bits per heavy atom. The minimum Gasteiger partial charge on any atom is -0.386 e. The lowest BCUT2D eigenvalue weighted by Crippen LogP contribution is -2.40. The smallest absolute Gasteiger partial charge is 0.325 e. The summed E-state index contributed by atoms with van der Waals surface area (Å²) in [5.74, 6) is -1.03. The molecular formula is C16H15FN2O3S. The molecule has 2 atom stereocenters. The normalized spacial score (nSPS) is 22.3. The number of aliphatic hydroxyl groups excluding tert-OH is 1. The third kappa shape index (κ3) is 2.62. The van der Waals surface area contributed by atoms with Gasteiger partial charge in [0.2, 0.25) is 0 Å². The van der Waals surface area contributed by atoms with Gasteiger partial charge in [-0.3, -0.25) is 9.69 Å². The van der Waals surface area contributed by atoms with Gasteiger partial charge in [-0.2, -0.15) is 0 Å². The van der Waals surface area contributed by atoms with Crippen LogP contribution < -0.4 is 5.32 Å². The maximum Gasteiger partial charge on any atom is 0.325 e. The second-order valence-electron chi connectivity index (χ2n) is 5.49. The van der Waals surface area contributed by atoms with E-state index >= 15 is 0 Å². The Morgan fingerprint density at radius 1 is 1.30 bits per heavy atom. The molecule has 120 valence electrons. The maximum atomic E-state index is 13.7. The monoisotopic (exact) mass is 334 g/mol. The van der Waals surface area contributed by atoms with Gasteiger partial charge >= 0.3 is 6.03 Å². The number of hydrogen-bond donors (Lipinski definition) is 2. The summed E-state index contributed by atoms with van der Waals surface area (Å²) in [5, 5.41) is 14.7. The number of halogens is 1. The maximum absolute atomic E-state index is 13.7. The molecule has 0 aliphatic carbocycles. The lowest BCUT2D eigenvalue weighted by molar-refractivity contribution is -0.132. The van der Waals surface area contributed by atoms with Crippen molar-refractivity contribution in [2.45, 2.75) is 18.6 Å². The molecule has 2 heterocycles. The van der Waals surface area contributed by atoms with E-state index in [0.717, 1.165) is 4.90 Å². The molecule has 5 nitrogen and oxygen atoms in total. The molecule has 1 aromatic carbocycles. The van der Waals surface area contributed by atoms with Crippen LogP contribution in [0, 0.1) is 5.82 Å². The summed E-state index contributed by atoms with van der Waals surface area (Å²) in [6.45, 7) is 1.32. The molecule has 1 aliphatic rings. The minimum absolute atomic E-state index is 0.0535. The Morgan fingerprint density at radius 3 is 2.70 bits per heavy atom. The number of urea groups is 1. The third-order valence-electron chi connectivity index (χ3n) is 3.91. The number of carbonyl (C=O) groups is 2. The molecular weight excluding hydrogens is 319 g/mol. The number of imide groups is 1. The van der Waals surface area contributed by atoms with E-state index in [-0.39, 0.29) is 12.1 Å². The fourth-order valence-corrected chi connectivity index (χ4v) is 3.44. The third-order valence-corrected chi connectivity index (χ3v) is 5.00. The van der Waals surface area contributed by atoms with E-state index in [9.17, 15) is 19.1 Å². The van der Waals surface area contributed by atoms with E-state index in [4.69, 9.17) is 0 Å². The first-order chi connectivity index (χ1) is 10.9. The summed E-state index contributed by atoms with van der Waals surface area (Å²) < 4.78 is 13.7. The lowest BCUT2D eigenvalue weighted by atomic mass is 10.0. The Kier molecular flexibility index (Phi) is 3.91. The summed E-state index contributed by atoms with van der Waals surface area (Å²) in [4.78, 5) is 26.4. The van der Waals surface area contributed by atoms with Gasteiger partial charge in [0, 0.05) is 10.4 Å². The fourth-order valence-electron chi connectivity index (χ4n) is 2.61. The molecule has 1 fully saturated rings. The average Bonchev–Trinajstić information content (AvgIpc) is 3.12. The second-order valence-corrected chi connectivity index (χ2v) is 6.43. The van der Waals surface area contributed by atoms with Crippen LogP contribution in [0.4, 0.5) is 9.18 Å². The number of benzene rings is 1. The van der Waals surface area contributed by atoms with Gasteiger partial charge < -0.3 is 10.4 Å². The van der Waals surface area contributed by atoms with Gasteiger partial charge in [0.1, 0.15) is 5.82 Å². The molecule has 0 spiro atoms. The Balaban J connectivity index is 1.83. The number of nitrogens with one attached hydrogen (secondary N) is 1. The van der Waals surface area contributed by atoms with Gasteiger partial charge in [-0.25, -0.2) is 9.18 Å². The summed E-state index contributed by atoms with van der Waals surface area (Å²) >= 11 is 1.36. The van der Waals surface area contributed by atoms with Crippen molar-refractivity contribution in [1.29, 1.82) is 0 Å². The number of hydrogen-bond acceptors (Lipinski definition) is 4. The van der Waals surface area contributed by atoms with Crippen molar-refractivity contribution in [3.63, 3.8) is 0 Å². The molecule has 0 saturated carbocycles. The van der Waals surface area contributed by atoms with Gasteiger partial charge in [0.25, 0.3) is 5.91 Å². The molecule has 2 aromatic rings. The molecule has 7 heteroatoms. The number of nitrogens with zero attached hydrogens (tertiary/aromatic N) is 1. The number of aliphatic hydroxyl groups is 1. The van der Waals surface area contributed by atoms with Crippen LogP contribution in [0.2, 0.25) is 0 Å². The van der Waals surface area contributed by atoms with Crippen LogP contribution in [-0.2, 0) is 10.3 Å². The lowest BCUT2D eigenvalue weighted by Gasteiger charge is -2.21. The summed E-state index contributed by atoms with van der Waals surface area (Å²) in [6.07, 6.45) is -1.28. The molecule has 3 rings (SSSR count). The van der Waals surface area contributed by atoms with Gasteiger partial charge in [-0.05, 0) is 24.4 Å². The first kappa shape index (κ1) is 15.6. The van der Waals surface area contributed by atoms with Crippen LogP contribution >= 0.6 is 11.3 Å². The minimum atomic E-state index is -1.28. The number of carbonyl (C=O) groups excluding carboxylic acids is 2. The topological polar surface area (TPSA) is 69.6 Å². The first-order valence-corrected chi connectivity index (χ1v) is 7.92. The Labute approximate surface area is 136 Å². The highest BCUT2D eigenvalue weighted by Crippen LogP contribution is 2.32. The second kappa shape index (κ2) is 5.75. The van der Waals surface area contributed by atoms with Crippen LogP contribution in [0.3, 0.4) is 0 Å². The van der Waals surface area contributed by atoms with Gasteiger partial charge in [0.15, 0.2) is 5.54 Å².